The average Bonchev–Trinajstić information content (AvgIpc) is 2.70. The van der Waals surface area contributed by atoms with Gasteiger partial charge in [0.1, 0.15) is 10.8 Å². The van der Waals surface area contributed by atoms with E-state index in [1.807, 2.05) is 18.2 Å². The van der Waals surface area contributed by atoms with Crippen molar-refractivity contribution >= 4 is 28.6 Å². The quantitative estimate of drug-likeness (QED) is 0.739. The summed E-state index contributed by atoms with van der Waals surface area (Å²) in [6, 6.07) is 11.7. The monoisotopic (exact) mass is 256 g/mol. The number of hydrogen-bond donors (Lipinski definition) is 2. The number of benzene rings is 1. The average molecular weight is 256 g/mol. The Morgan fingerprint density at radius 3 is 2.89 bits per heavy atom. The van der Waals surface area contributed by atoms with E-state index in [0.717, 1.165) is 21.2 Å². The topological polar surface area (TPSA) is 67.6 Å². The number of H-pyrrole nitrogens is 1. The van der Waals surface area contributed by atoms with Gasteiger partial charge in [-0.05, 0) is 48.5 Å². The van der Waals surface area contributed by atoms with E-state index >= 15 is 0 Å². The fourth-order valence-corrected chi connectivity index (χ4v) is 2.54. The van der Waals surface area contributed by atoms with Crippen LogP contribution in [0.4, 0.5) is 5.82 Å². The van der Waals surface area contributed by atoms with Crippen molar-refractivity contribution in [2.75, 3.05) is 5.73 Å². The van der Waals surface area contributed by atoms with Gasteiger partial charge < -0.3 is 10.7 Å². The lowest BCUT2D eigenvalue weighted by molar-refractivity contribution is 1.06. The summed E-state index contributed by atoms with van der Waals surface area (Å²) in [7, 11) is 0. The predicted octanol–water partition coefficient (Wildman–Crippen LogP) is 3.00. The molecule has 90 valence electrons. The van der Waals surface area contributed by atoms with E-state index in [-0.39, 0.29) is 0 Å². The number of aromatic amines is 1. The summed E-state index contributed by atoms with van der Waals surface area (Å²) in [4.78, 5) is 12.0. The standard InChI is InChI=1S/C13H12N4S/c1-8-5-6-9-10(7-8)16-13(15-9)18-12-4-2-3-11(14)17-12/h2-7H,1H3,(H2,14,17)(H,15,16). The Bertz CT molecular complexity index is 705. The van der Waals surface area contributed by atoms with Crippen LogP contribution in [0.5, 0.6) is 0 Å². The largest absolute Gasteiger partial charge is 0.384 e. The van der Waals surface area contributed by atoms with Crippen molar-refractivity contribution < 1.29 is 0 Å². The van der Waals surface area contributed by atoms with Gasteiger partial charge in [-0.15, -0.1) is 0 Å². The van der Waals surface area contributed by atoms with Gasteiger partial charge in [-0.1, -0.05) is 12.1 Å². The summed E-state index contributed by atoms with van der Waals surface area (Å²) >= 11 is 1.48. The lowest BCUT2D eigenvalue weighted by Gasteiger charge is -1.97. The van der Waals surface area contributed by atoms with Crippen molar-refractivity contribution in [3.05, 3.63) is 42.0 Å². The second-order valence-electron chi connectivity index (χ2n) is 4.07. The smallest absolute Gasteiger partial charge is 0.172 e. The second-order valence-corrected chi connectivity index (χ2v) is 5.07. The van der Waals surface area contributed by atoms with Crippen LogP contribution in [0.2, 0.25) is 0 Å². The molecule has 2 aromatic heterocycles. The Kier molecular flexibility index (Phi) is 2.68. The Labute approximate surface area is 109 Å². The molecule has 0 saturated heterocycles. The number of aromatic nitrogens is 3. The van der Waals surface area contributed by atoms with Crippen LogP contribution in [0.1, 0.15) is 5.56 Å². The van der Waals surface area contributed by atoms with Crippen molar-refractivity contribution in [3.63, 3.8) is 0 Å². The van der Waals surface area contributed by atoms with Gasteiger partial charge in [0.05, 0.1) is 11.0 Å². The molecule has 0 bridgehead atoms. The summed E-state index contributed by atoms with van der Waals surface area (Å²) in [6.07, 6.45) is 0. The third-order valence-electron chi connectivity index (χ3n) is 2.56. The number of fused-ring (bicyclic) bond motifs is 1. The second kappa shape index (κ2) is 4.34. The Morgan fingerprint density at radius 2 is 2.06 bits per heavy atom. The van der Waals surface area contributed by atoms with Crippen LogP contribution in [-0.2, 0) is 0 Å². The zero-order valence-corrected chi connectivity index (χ0v) is 10.7. The number of nitrogens with two attached hydrogens (primary N) is 1. The highest BCUT2D eigenvalue weighted by Gasteiger charge is 2.05. The Hall–Kier alpha value is -2.01. The van der Waals surface area contributed by atoms with Crippen LogP contribution >= 0.6 is 11.8 Å². The lowest BCUT2D eigenvalue weighted by atomic mass is 10.2. The molecule has 0 unspecified atom stereocenters. The summed E-state index contributed by atoms with van der Waals surface area (Å²) in [6.45, 7) is 2.06. The first kappa shape index (κ1) is 11.1. The highest BCUT2D eigenvalue weighted by atomic mass is 32.2. The number of hydrogen-bond acceptors (Lipinski definition) is 4. The van der Waals surface area contributed by atoms with Crippen molar-refractivity contribution in [2.24, 2.45) is 0 Å². The van der Waals surface area contributed by atoms with Crippen LogP contribution in [0, 0.1) is 6.92 Å². The van der Waals surface area contributed by atoms with E-state index in [9.17, 15) is 0 Å². The maximum atomic E-state index is 5.65. The number of nitrogen functional groups attached to an aromatic ring is 1. The number of imidazole rings is 1. The highest BCUT2D eigenvalue weighted by molar-refractivity contribution is 7.99. The Balaban J connectivity index is 1.95. The van der Waals surface area contributed by atoms with Crippen LogP contribution in [0.15, 0.2) is 46.6 Å². The van der Waals surface area contributed by atoms with Gasteiger partial charge in [0.2, 0.25) is 0 Å². The van der Waals surface area contributed by atoms with E-state index in [1.54, 1.807) is 6.07 Å². The lowest BCUT2D eigenvalue weighted by Crippen LogP contribution is -1.90. The minimum Gasteiger partial charge on any atom is -0.384 e. The number of nitrogens with zero attached hydrogens (tertiary/aromatic N) is 2. The summed E-state index contributed by atoms with van der Waals surface area (Å²) < 4.78 is 0. The third-order valence-corrected chi connectivity index (χ3v) is 3.39. The zero-order valence-electron chi connectivity index (χ0n) is 9.84. The van der Waals surface area contributed by atoms with Crippen molar-refractivity contribution in [3.8, 4) is 0 Å². The molecule has 3 rings (SSSR count). The van der Waals surface area contributed by atoms with Crippen molar-refractivity contribution in [2.45, 2.75) is 17.1 Å². The molecule has 3 aromatic rings. The van der Waals surface area contributed by atoms with E-state index in [2.05, 4.69) is 34.0 Å². The summed E-state index contributed by atoms with van der Waals surface area (Å²) in [5, 5.41) is 1.67. The molecule has 0 aliphatic carbocycles. The normalized spacial score (nSPS) is 10.9. The maximum absolute atomic E-state index is 5.65. The number of rotatable bonds is 2. The number of pyridine rings is 1. The molecule has 18 heavy (non-hydrogen) atoms. The van der Waals surface area contributed by atoms with Crippen LogP contribution < -0.4 is 5.73 Å². The van der Waals surface area contributed by atoms with Crippen molar-refractivity contribution in [1.82, 2.24) is 15.0 Å². The minimum atomic E-state index is 0.520. The molecule has 2 heterocycles. The molecular weight excluding hydrogens is 244 g/mol. The van der Waals surface area contributed by atoms with Gasteiger partial charge in [-0.25, -0.2) is 9.97 Å². The minimum absolute atomic E-state index is 0.520. The number of anilines is 1. The predicted molar refractivity (Wildman–Crippen MR) is 73.6 cm³/mol. The summed E-state index contributed by atoms with van der Waals surface area (Å²) in [5.74, 6) is 0.520. The van der Waals surface area contributed by atoms with Gasteiger partial charge in [-0.2, -0.15) is 0 Å². The zero-order chi connectivity index (χ0) is 12.5. The van der Waals surface area contributed by atoms with Crippen LogP contribution in [0.25, 0.3) is 11.0 Å². The molecule has 4 nitrogen and oxygen atoms in total. The molecule has 0 aliphatic heterocycles. The number of aryl methyl sites for hydroxylation is 1. The fraction of sp³-hybridized carbons (Fsp3) is 0.0769. The molecule has 0 fully saturated rings. The molecule has 5 heteroatoms. The van der Waals surface area contributed by atoms with Gasteiger partial charge in [-0.3, -0.25) is 0 Å². The summed E-state index contributed by atoms with van der Waals surface area (Å²) in [5.41, 5.74) is 8.87. The van der Waals surface area contributed by atoms with Gasteiger partial charge in [0, 0.05) is 0 Å². The third kappa shape index (κ3) is 2.17. The molecule has 1 aromatic carbocycles. The number of nitrogens with one attached hydrogen (secondary N) is 1. The molecule has 0 amide bonds. The van der Waals surface area contributed by atoms with E-state index in [0.29, 0.717) is 5.82 Å². The first-order valence-corrected chi connectivity index (χ1v) is 6.39. The van der Waals surface area contributed by atoms with E-state index in [4.69, 9.17) is 5.73 Å². The molecule has 0 spiro atoms. The van der Waals surface area contributed by atoms with E-state index < -0.39 is 0 Å². The Morgan fingerprint density at radius 1 is 1.17 bits per heavy atom. The van der Waals surface area contributed by atoms with Gasteiger partial charge in [0.25, 0.3) is 0 Å². The van der Waals surface area contributed by atoms with Crippen LogP contribution in [0.3, 0.4) is 0 Å². The van der Waals surface area contributed by atoms with Gasteiger partial charge in [0.15, 0.2) is 5.16 Å². The fourth-order valence-electron chi connectivity index (χ4n) is 1.74. The first-order chi connectivity index (χ1) is 8.70. The maximum Gasteiger partial charge on any atom is 0.172 e. The van der Waals surface area contributed by atoms with Crippen molar-refractivity contribution in [1.29, 1.82) is 0 Å². The molecule has 0 saturated carbocycles. The SMILES string of the molecule is Cc1ccc2nc(Sc3cccc(N)n3)[nH]c2c1. The molecule has 3 N–H and O–H groups in total. The molecule has 0 atom stereocenters. The van der Waals surface area contributed by atoms with Crippen LogP contribution in [-0.4, -0.2) is 15.0 Å². The van der Waals surface area contributed by atoms with Gasteiger partial charge >= 0.3 is 0 Å². The molecular formula is C13H12N4S. The van der Waals surface area contributed by atoms with E-state index in [1.165, 1.54) is 17.3 Å². The highest BCUT2D eigenvalue weighted by Crippen LogP contribution is 2.26. The molecule has 0 radical (unpaired) electrons. The molecule has 0 aliphatic rings. The first-order valence-electron chi connectivity index (χ1n) is 5.57.